The van der Waals surface area contributed by atoms with E-state index < -0.39 is 6.10 Å². The third-order valence-electron chi connectivity index (χ3n) is 1.71. The van der Waals surface area contributed by atoms with Gasteiger partial charge in [0, 0.05) is 10.0 Å². The highest BCUT2D eigenvalue weighted by atomic mass is 35.5. The number of aliphatic hydroxyl groups is 1. The van der Waals surface area contributed by atoms with Gasteiger partial charge >= 0.3 is 0 Å². The fraction of sp³-hybridized carbons (Fsp3) is 0.333. The zero-order valence-corrected chi connectivity index (χ0v) is 8.52. The van der Waals surface area contributed by atoms with Crippen molar-refractivity contribution in [3.05, 3.63) is 33.8 Å². The van der Waals surface area contributed by atoms with Crippen molar-refractivity contribution < 1.29 is 5.11 Å². The lowest BCUT2D eigenvalue weighted by atomic mass is 10.1. The molecule has 72 valence electrons. The van der Waals surface area contributed by atoms with Gasteiger partial charge in [-0.2, -0.15) is 0 Å². The number of hydrogen-bond acceptors (Lipinski definition) is 2. The maximum Gasteiger partial charge on any atom is 0.0803 e. The van der Waals surface area contributed by atoms with Crippen LogP contribution in [0.3, 0.4) is 0 Å². The minimum Gasteiger partial charge on any atom is -0.388 e. The van der Waals surface area contributed by atoms with Crippen LogP contribution in [0.1, 0.15) is 18.1 Å². The Morgan fingerprint density at radius 3 is 2.23 bits per heavy atom. The Balaban J connectivity index is 2.87. The van der Waals surface area contributed by atoms with E-state index in [1.807, 2.05) is 0 Å². The van der Waals surface area contributed by atoms with E-state index in [2.05, 4.69) is 0 Å². The maximum atomic E-state index is 9.57. The topological polar surface area (TPSA) is 46.2 Å². The van der Waals surface area contributed by atoms with Crippen molar-refractivity contribution in [2.45, 2.75) is 12.5 Å². The van der Waals surface area contributed by atoms with Gasteiger partial charge in [-0.15, -0.1) is 0 Å². The summed E-state index contributed by atoms with van der Waals surface area (Å²) in [4.78, 5) is 0. The number of benzene rings is 1. The first-order chi connectivity index (χ1) is 6.13. The molecule has 1 rings (SSSR count). The zero-order valence-electron chi connectivity index (χ0n) is 7.00. The van der Waals surface area contributed by atoms with Crippen molar-refractivity contribution in [2.24, 2.45) is 5.73 Å². The number of aliphatic hydroxyl groups excluding tert-OH is 1. The monoisotopic (exact) mass is 219 g/mol. The molecule has 0 spiro atoms. The first kappa shape index (κ1) is 10.8. The highest BCUT2D eigenvalue weighted by Gasteiger charge is 2.07. The maximum absolute atomic E-state index is 9.57. The lowest BCUT2D eigenvalue weighted by molar-refractivity contribution is 0.170. The van der Waals surface area contributed by atoms with Crippen molar-refractivity contribution in [1.82, 2.24) is 0 Å². The molecule has 1 aromatic carbocycles. The van der Waals surface area contributed by atoms with E-state index >= 15 is 0 Å². The van der Waals surface area contributed by atoms with Crippen LogP contribution >= 0.6 is 23.2 Å². The molecule has 0 radical (unpaired) electrons. The van der Waals surface area contributed by atoms with E-state index in [4.69, 9.17) is 28.9 Å². The molecule has 0 unspecified atom stereocenters. The molecular formula is C9H11Cl2NO. The highest BCUT2D eigenvalue weighted by molar-refractivity contribution is 6.34. The minimum atomic E-state index is -0.582. The average molecular weight is 220 g/mol. The van der Waals surface area contributed by atoms with Crippen LogP contribution in [0.25, 0.3) is 0 Å². The minimum absolute atomic E-state index is 0.436. The predicted molar refractivity (Wildman–Crippen MR) is 55.1 cm³/mol. The standard InChI is InChI=1S/C9H11Cl2NO/c10-7-3-6(4-8(11)5-7)9(13)1-2-12/h3-5,9,13H,1-2,12H2/t9-/m0/s1. The van der Waals surface area contributed by atoms with Crippen LogP contribution in [0.4, 0.5) is 0 Å². The quantitative estimate of drug-likeness (QED) is 0.821. The SMILES string of the molecule is NCC[C@H](O)c1cc(Cl)cc(Cl)c1. The third kappa shape index (κ3) is 3.16. The predicted octanol–water partition coefficient (Wildman–Crippen LogP) is 2.38. The Labute approximate surface area is 87.3 Å². The van der Waals surface area contributed by atoms with Crippen LogP contribution in [-0.2, 0) is 0 Å². The average Bonchev–Trinajstić information content (AvgIpc) is 2.03. The van der Waals surface area contributed by atoms with Crippen LogP contribution in [0, 0.1) is 0 Å². The molecule has 4 heteroatoms. The molecule has 1 aromatic rings. The Morgan fingerprint density at radius 2 is 1.77 bits per heavy atom. The molecule has 0 saturated carbocycles. The van der Waals surface area contributed by atoms with E-state index in [9.17, 15) is 5.11 Å². The van der Waals surface area contributed by atoms with Crippen LogP contribution in [0.2, 0.25) is 10.0 Å². The van der Waals surface area contributed by atoms with Crippen molar-refractivity contribution in [3.8, 4) is 0 Å². The summed E-state index contributed by atoms with van der Waals surface area (Å²) in [5.74, 6) is 0. The van der Waals surface area contributed by atoms with Crippen molar-refractivity contribution in [2.75, 3.05) is 6.54 Å². The van der Waals surface area contributed by atoms with Gasteiger partial charge in [-0.3, -0.25) is 0 Å². The molecule has 0 aromatic heterocycles. The first-order valence-electron chi connectivity index (χ1n) is 3.97. The summed E-state index contributed by atoms with van der Waals surface area (Å²) in [5.41, 5.74) is 6.03. The molecule has 0 aliphatic rings. The molecule has 0 heterocycles. The van der Waals surface area contributed by atoms with Gasteiger partial charge in [0.1, 0.15) is 0 Å². The van der Waals surface area contributed by atoms with Gasteiger partial charge in [0.25, 0.3) is 0 Å². The lowest BCUT2D eigenvalue weighted by Crippen LogP contribution is -2.06. The Hall–Kier alpha value is -0.280. The first-order valence-corrected chi connectivity index (χ1v) is 4.73. The highest BCUT2D eigenvalue weighted by Crippen LogP contribution is 2.24. The molecule has 2 nitrogen and oxygen atoms in total. The molecular weight excluding hydrogens is 209 g/mol. The van der Waals surface area contributed by atoms with Crippen molar-refractivity contribution in [3.63, 3.8) is 0 Å². The summed E-state index contributed by atoms with van der Waals surface area (Å²) >= 11 is 11.5. The third-order valence-corrected chi connectivity index (χ3v) is 2.15. The fourth-order valence-electron chi connectivity index (χ4n) is 1.09. The number of nitrogens with two attached hydrogens (primary N) is 1. The lowest BCUT2D eigenvalue weighted by Gasteiger charge is -2.10. The van der Waals surface area contributed by atoms with Crippen molar-refractivity contribution in [1.29, 1.82) is 0 Å². The van der Waals surface area contributed by atoms with Crippen LogP contribution in [-0.4, -0.2) is 11.7 Å². The summed E-state index contributed by atoms with van der Waals surface area (Å²) in [6.45, 7) is 0.436. The van der Waals surface area contributed by atoms with E-state index in [0.29, 0.717) is 28.6 Å². The molecule has 3 N–H and O–H groups in total. The zero-order chi connectivity index (χ0) is 9.84. The molecule has 0 bridgehead atoms. The molecule has 0 amide bonds. The molecule has 0 fully saturated rings. The van der Waals surface area contributed by atoms with Gasteiger partial charge in [0.05, 0.1) is 6.10 Å². The summed E-state index contributed by atoms with van der Waals surface area (Å²) in [6, 6.07) is 5.00. The summed E-state index contributed by atoms with van der Waals surface area (Å²) in [7, 11) is 0. The normalized spacial score (nSPS) is 12.9. The Morgan fingerprint density at radius 1 is 1.23 bits per heavy atom. The molecule has 0 aliphatic heterocycles. The second-order valence-electron chi connectivity index (χ2n) is 2.80. The summed E-state index contributed by atoms with van der Waals surface area (Å²) in [5, 5.41) is 10.6. The van der Waals surface area contributed by atoms with Crippen LogP contribution in [0.5, 0.6) is 0 Å². The summed E-state index contributed by atoms with van der Waals surface area (Å²) < 4.78 is 0. The van der Waals surface area contributed by atoms with Gasteiger partial charge in [-0.1, -0.05) is 23.2 Å². The fourth-order valence-corrected chi connectivity index (χ4v) is 1.64. The van der Waals surface area contributed by atoms with Crippen molar-refractivity contribution >= 4 is 23.2 Å². The van der Waals surface area contributed by atoms with Crippen LogP contribution in [0.15, 0.2) is 18.2 Å². The number of hydrogen-bond donors (Lipinski definition) is 2. The second kappa shape index (κ2) is 4.82. The second-order valence-corrected chi connectivity index (χ2v) is 3.67. The van der Waals surface area contributed by atoms with E-state index in [0.717, 1.165) is 0 Å². The number of halogens is 2. The van der Waals surface area contributed by atoms with E-state index in [1.165, 1.54) is 0 Å². The molecule has 13 heavy (non-hydrogen) atoms. The van der Waals surface area contributed by atoms with Gasteiger partial charge in [-0.25, -0.2) is 0 Å². The molecule has 0 saturated heterocycles. The Bertz CT molecular complexity index is 271. The summed E-state index contributed by atoms with van der Waals surface area (Å²) in [6.07, 6.45) is -0.0716. The smallest absolute Gasteiger partial charge is 0.0803 e. The van der Waals surface area contributed by atoms with Gasteiger partial charge in [0.15, 0.2) is 0 Å². The van der Waals surface area contributed by atoms with E-state index in [1.54, 1.807) is 18.2 Å². The molecule has 0 aliphatic carbocycles. The van der Waals surface area contributed by atoms with Gasteiger partial charge in [-0.05, 0) is 36.7 Å². The largest absolute Gasteiger partial charge is 0.388 e. The van der Waals surface area contributed by atoms with Crippen LogP contribution < -0.4 is 5.73 Å². The van der Waals surface area contributed by atoms with Gasteiger partial charge in [0.2, 0.25) is 0 Å². The number of rotatable bonds is 3. The molecule has 1 atom stereocenters. The van der Waals surface area contributed by atoms with Gasteiger partial charge < -0.3 is 10.8 Å². The Kier molecular flexibility index (Phi) is 4.00. The van der Waals surface area contributed by atoms with E-state index in [-0.39, 0.29) is 0 Å².